The third-order valence-electron chi connectivity index (χ3n) is 2.79. The first-order valence-electron chi connectivity index (χ1n) is 5.91. The Balaban J connectivity index is 1.98. The summed E-state index contributed by atoms with van der Waals surface area (Å²) in [6.45, 7) is 1.85. The number of nitrogens with one attached hydrogen (secondary N) is 1. The molecule has 5 nitrogen and oxygen atoms in total. The number of nitrogens with zero attached hydrogens (tertiary/aromatic N) is 3. The maximum Gasteiger partial charge on any atom is 0.208 e. The summed E-state index contributed by atoms with van der Waals surface area (Å²) in [5.74, 6) is 1.47. The molecular weight excluding hydrogens is 258 g/mol. The zero-order valence-electron chi connectivity index (χ0n) is 10.6. The molecule has 1 atom stereocenters. The van der Waals surface area contributed by atoms with Gasteiger partial charge in [0.2, 0.25) is 5.16 Å². The number of thioether (sulfide) groups is 1. The summed E-state index contributed by atoms with van der Waals surface area (Å²) in [4.78, 5) is 4.20. The Hall–Kier alpha value is -1.84. The molecule has 98 valence electrons. The number of H-pyrrole nitrogens is 1. The lowest BCUT2D eigenvalue weighted by molar-refractivity contribution is 0.560. The van der Waals surface area contributed by atoms with Gasteiger partial charge in [-0.05, 0) is 18.9 Å². The highest BCUT2D eigenvalue weighted by Gasteiger charge is 2.26. The van der Waals surface area contributed by atoms with Crippen molar-refractivity contribution in [1.29, 1.82) is 5.26 Å². The molecule has 1 unspecified atom stereocenters. The highest BCUT2D eigenvalue weighted by Crippen LogP contribution is 2.25. The van der Waals surface area contributed by atoms with Crippen LogP contribution in [0.1, 0.15) is 17.8 Å². The van der Waals surface area contributed by atoms with Gasteiger partial charge in [-0.2, -0.15) is 5.26 Å². The van der Waals surface area contributed by atoms with E-state index >= 15 is 0 Å². The smallest absolute Gasteiger partial charge is 0.208 e. The van der Waals surface area contributed by atoms with E-state index in [1.54, 1.807) is 0 Å². The van der Waals surface area contributed by atoms with Gasteiger partial charge in [0.05, 0.1) is 6.07 Å². The third kappa shape index (κ3) is 3.34. The van der Waals surface area contributed by atoms with E-state index in [0.29, 0.717) is 17.3 Å². The van der Waals surface area contributed by atoms with Gasteiger partial charge in [-0.3, -0.25) is 5.10 Å². The molecule has 0 bridgehead atoms. The zero-order chi connectivity index (χ0) is 13.7. The van der Waals surface area contributed by atoms with Crippen LogP contribution >= 0.6 is 11.8 Å². The fourth-order valence-electron chi connectivity index (χ4n) is 1.69. The van der Waals surface area contributed by atoms with E-state index < -0.39 is 5.54 Å². The van der Waals surface area contributed by atoms with Crippen molar-refractivity contribution in [3.8, 4) is 6.07 Å². The molecule has 0 aliphatic rings. The van der Waals surface area contributed by atoms with E-state index in [2.05, 4.69) is 21.3 Å². The second-order valence-electron chi connectivity index (χ2n) is 4.25. The quantitative estimate of drug-likeness (QED) is 0.813. The maximum absolute atomic E-state index is 9.32. The molecular formula is C13H15N5S. The van der Waals surface area contributed by atoms with Gasteiger partial charge >= 0.3 is 0 Å². The van der Waals surface area contributed by atoms with Gasteiger partial charge in [0.25, 0.3) is 0 Å². The Morgan fingerprint density at radius 1 is 1.42 bits per heavy atom. The van der Waals surface area contributed by atoms with Crippen LogP contribution in [0.25, 0.3) is 0 Å². The van der Waals surface area contributed by atoms with Crippen molar-refractivity contribution in [2.45, 2.75) is 24.0 Å². The van der Waals surface area contributed by atoms with Gasteiger partial charge < -0.3 is 5.73 Å². The predicted octanol–water partition coefficient (Wildman–Crippen LogP) is 1.97. The average Bonchev–Trinajstić information content (AvgIpc) is 2.85. The van der Waals surface area contributed by atoms with Crippen LogP contribution in [-0.4, -0.2) is 20.9 Å². The minimum atomic E-state index is -0.959. The van der Waals surface area contributed by atoms with Crippen LogP contribution in [0, 0.1) is 18.3 Å². The molecule has 0 aliphatic carbocycles. The fraction of sp³-hybridized carbons (Fsp3) is 0.308. The Kier molecular flexibility index (Phi) is 4.20. The van der Waals surface area contributed by atoms with E-state index in [-0.39, 0.29) is 0 Å². The van der Waals surface area contributed by atoms with Gasteiger partial charge in [-0.1, -0.05) is 42.1 Å². The molecule has 0 fully saturated rings. The molecule has 0 spiro atoms. The Bertz CT molecular complexity index is 574. The normalized spacial score (nSPS) is 13.7. The van der Waals surface area contributed by atoms with E-state index in [4.69, 9.17) is 5.73 Å². The lowest BCUT2D eigenvalue weighted by Gasteiger charge is -2.21. The van der Waals surface area contributed by atoms with Crippen LogP contribution < -0.4 is 5.73 Å². The Morgan fingerprint density at radius 2 is 2.16 bits per heavy atom. The van der Waals surface area contributed by atoms with Crippen molar-refractivity contribution < 1.29 is 0 Å². The highest BCUT2D eigenvalue weighted by molar-refractivity contribution is 7.99. The summed E-state index contributed by atoms with van der Waals surface area (Å²) in [5.41, 5.74) is 6.04. The number of hydrogen-bond donors (Lipinski definition) is 2. The van der Waals surface area contributed by atoms with Crippen LogP contribution in [-0.2, 0) is 5.54 Å². The summed E-state index contributed by atoms with van der Waals surface area (Å²) in [5, 5.41) is 16.8. The molecule has 1 heterocycles. The molecule has 6 heteroatoms. The summed E-state index contributed by atoms with van der Waals surface area (Å²) in [6.07, 6.45) is 0.547. The molecule has 0 amide bonds. The van der Waals surface area contributed by atoms with E-state index in [0.717, 1.165) is 11.4 Å². The summed E-state index contributed by atoms with van der Waals surface area (Å²) in [7, 11) is 0. The third-order valence-corrected chi connectivity index (χ3v) is 3.64. The second kappa shape index (κ2) is 5.87. The highest BCUT2D eigenvalue weighted by atomic mass is 32.2. The Morgan fingerprint density at radius 3 is 2.74 bits per heavy atom. The van der Waals surface area contributed by atoms with Crippen molar-refractivity contribution in [3.05, 3.63) is 41.7 Å². The van der Waals surface area contributed by atoms with E-state index in [1.165, 1.54) is 11.8 Å². The molecule has 1 aromatic carbocycles. The molecule has 2 aromatic rings. The molecule has 0 radical (unpaired) electrons. The molecule has 0 aliphatic heterocycles. The number of aromatic amines is 1. The molecule has 2 rings (SSSR count). The lowest BCUT2D eigenvalue weighted by atomic mass is 9.90. The van der Waals surface area contributed by atoms with Crippen LogP contribution in [0.15, 0.2) is 35.5 Å². The first kappa shape index (κ1) is 13.6. The number of hydrogen-bond acceptors (Lipinski definition) is 5. The number of rotatable bonds is 5. The SMILES string of the molecule is Cc1nc(SCCC(N)(C#N)c2ccccc2)n[nH]1. The zero-order valence-corrected chi connectivity index (χ0v) is 11.4. The summed E-state index contributed by atoms with van der Waals surface area (Å²) in [6, 6.07) is 11.6. The van der Waals surface area contributed by atoms with Crippen molar-refractivity contribution in [1.82, 2.24) is 15.2 Å². The maximum atomic E-state index is 9.32. The monoisotopic (exact) mass is 273 g/mol. The number of aromatic nitrogens is 3. The standard InChI is InChI=1S/C13H15N5S/c1-10-16-12(18-17-10)19-8-7-13(15,9-14)11-5-3-2-4-6-11/h2-6H,7-8,15H2,1H3,(H,16,17,18). The summed E-state index contributed by atoms with van der Waals surface area (Å²) >= 11 is 1.49. The molecule has 1 aromatic heterocycles. The largest absolute Gasteiger partial charge is 0.310 e. The minimum Gasteiger partial charge on any atom is -0.310 e. The van der Waals surface area contributed by atoms with Crippen molar-refractivity contribution in [2.24, 2.45) is 5.73 Å². The molecule has 0 saturated carbocycles. The second-order valence-corrected chi connectivity index (χ2v) is 5.31. The van der Waals surface area contributed by atoms with E-state index in [1.807, 2.05) is 37.3 Å². The van der Waals surface area contributed by atoms with Gasteiger partial charge in [-0.15, -0.1) is 5.10 Å². The van der Waals surface area contributed by atoms with Crippen LogP contribution in [0.3, 0.4) is 0 Å². The predicted molar refractivity (Wildman–Crippen MR) is 74.4 cm³/mol. The first-order chi connectivity index (χ1) is 9.14. The van der Waals surface area contributed by atoms with Crippen molar-refractivity contribution in [2.75, 3.05) is 5.75 Å². The summed E-state index contributed by atoms with van der Waals surface area (Å²) < 4.78 is 0. The van der Waals surface area contributed by atoms with Gasteiger partial charge in [0, 0.05) is 5.75 Å². The van der Waals surface area contributed by atoms with Crippen LogP contribution in [0.4, 0.5) is 0 Å². The minimum absolute atomic E-state index is 0.547. The van der Waals surface area contributed by atoms with Gasteiger partial charge in [0.15, 0.2) is 0 Å². The molecule has 3 N–H and O–H groups in total. The Labute approximate surface area is 116 Å². The molecule has 19 heavy (non-hydrogen) atoms. The van der Waals surface area contributed by atoms with Crippen molar-refractivity contribution >= 4 is 11.8 Å². The van der Waals surface area contributed by atoms with Crippen molar-refractivity contribution in [3.63, 3.8) is 0 Å². The number of aryl methyl sites for hydroxylation is 1. The topological polar surface area (TPSA) is 91.4 Å². The van der Waals surface area contributed by atoms with Gasteiger partial charge in [-0.25, -0.2) is 4.98 Å². The van der Waals surface area contributed by atoms with Crippen LogP contribution in [0.5, 0.6) is 0 Å². The van der Waals surface area contributed by atoms with Gasteiger partial charge in [0.1, 0.15) is 11.4 Å². The lowest BCUT2D eigenvalue weighted by Crippen LogP contribution is -2.35. The first-order valence-corrected chi connectivity index (χ1v) is 6.90. The average molecular weight is 273 g/mol. The number of nitrogens with two attached hydrogens (primary N) is 1. The molecule has 0 saturated heterocycles. The number of benzene rings is 1. The van der Waals surface area contributed by atoms with Crippen LogP contribution in [0.2, 0.25) is 0 Å². The number of nitriles is 1. The van der Waals surface area contributed by atoms with E-state index in [9.17, 15) is 5.26 Å². The fourth-order valence-corrected chi connectivity index (χ4v) is 2.61.